The summed E-state index contributed by atoms with van der Waals surface area (Å²) in [4.78, 5) is 14.5. The Bertz CT molecular complexity index is 1850. The molecule has 0 radical (unpaired) electrons. The molecule has 6 aromatic rings. The highest BCUT2D eigenvalue weighted by Gasteiger charge is 2.31. The van der Waals surface area contributed by atoms with Gasteiger partial charge in [-0.15, -0.1) is 10.2 Å². The van der Waals surface area contributed by atoms with Crippen molar-refractivity contribution in [3.63, 3.8) is 0 Å². The quantitative estimate of drug-likeness (QED) is 0.213. The Labute approximate surface area is 258 Å². The van der Waals surface area contributed by atoms with E-state index in [1.165, 1.54) is 0 Å². The molecule has 0 aliphatic rings. The molecule has 0 bridgehead atoms. The van der Waals surface area contributed by atoms with Gasteiger partial charge in [0.1, 0.15) is 0 Å². The molecule has 6 nitrogen and oxygen atoms in total. The molecule has 0 saturated carbocycles. The van der Waals surface area contributed by atoms with Gasteiger partial charge in [0.25, 0.3) is 0 Å². The van der Waals surface area contributed by atoms with Crippen LogP contribution in [0.4, 0.5) is 0 Å². The molecule has 0 saturated heterocycles. The number of hydrogen-bond acceptors (Lipinski definition) is 5. The maximum absolute atomic E-state index is 14.5. The lowest BCUT2D eigenvalue weighted by Crippen LogP contribution is -2.68. The summed E-state index contributed by atoms with van der Waals surface area (Å²) in [6.45, 7) is 2.09. The lowest BCUT2D eigenvalue weighted by atomic mass is 9.82. The number of rotatable bonds is 6. The summed E-state index contributed by atoms with van der Waals surface area (Å²) < 4.78 is 36.1. The number of aryl methyl sites for hydroxylation is 1. The zero-order valence-electron chi connectivity index (χ0n) is 23.8. The summed E-state index contributed by atoms with van der Waals surface area (Å²) in [6, 6.07) is 46.9. The maximum atomic E-state index is 14.5. The van der Waals surface area contributed by atoms with Gasteiger partial charge in [-0.05, 0) is 41.3 Å². The van der Waals surface area contributed by atoms with Crippen LogP contribution in [0.2, 0.25) is 0 Å². The number of carbonyl (C=O) groups excluding carboxylic acids is 1. The molecular formula is C37H28ClNO5. The summed E-state index contributed by atoms with van der Waals surface area (Å²) in [5.74, 6) is 0.00224. The van der Waals surface area contributed by atoms with Crippen LogP contribution in [0.25, 0.3) is 39.1 Å². The van der Waals surface area contributed by atoms with Gasteiger partial charge in [0, 0.05) is 22.8 Å². The first kappa shape index (κ1) is 30.5. The Morgan fingerprint density at radius 3 is 1.55 bits per heavy atom. The molecular weight excluding hydrogens is 574 g/mol. The van der Waals surface area contributed by atoms with Gasteiger partial charge in [-0.2, -0.15) is 4.57 Å². The smallest absolute Gasteiger partial charge is 0.227 e. The third-order valence-corrected chi connectivity index (χ3v) is 7.00. The highest BCUT2D eigenvalue weighted by molar-refractivity contribution is 6.18. The van der Waals surface area contributed by atoms with E-state index in [2.05, 4.69) is 90.6 Å². The van der Waals surface area contributed by atoms with Gasteiger partial charge in [0.15, 0.2) is 18.2 Å². The van der Waals surface area contributed by atoms with E-state index >= 15 is 0 Å². The predicted octanol–water partition coefficient (Wildman–Crippen LogP) is 3.75. The van der Waals surface area contributed by atoms with E-state index in [1.54, 1.807) is 0 Å². The van der Waals surface area contributed by atoms with Crippen molar-refractivity contribution >= 4 is 5.78 Å². The second-order valence-corrected chi connectivity index (χ2v) is 10.8. The first-order chi connectivity index (χ1) is 21.2. The van der Waals surface area contributed by atoms with Gasteiger partial charge in [-0.3, -0.25) is 4.79 Å². The highest BCUT2D eigenvalue weighted by atomic mass is 35.7. The van der Waals surface area contributed by atoms with E-state index in [-0.39, 0.29) is 5.78 Å². The standard InChI is InChI=1S/C37H28NO.ClHO4/c1-27-15-14-24-38(26-27)36-33(29-18-8-3-9-19-29)25-32(28-16-6-2-7-17-28)35(34(36)30-20-10-4-11-21-30)37(39)31-22-12-5-13-23-31;2-1(3,4)5/h2-26H,1H3;(H,2,3,4,5)/q+1;/p-1. The minimum absolute atomic E-state index is 0.00224. The molecule has 5 aromatic carbocycles. The number of hydrogen-bond donors (Lipinski definition) is 0. The lowest BCUT2D eigenvalue weighted by Gasteiger charge is -2.20. The van der Waals surface area contributed by atoms with Gasteiger partial charge < -0.3 is 0 Å². The Morgan fingerprint density at radius 2 is 1.05 bits per heavy atom. The van der Waals surface area contributed by atoms with Crippen molar-refractivity contribution in [3.8, 4) is 39.1 Å². The fourth-order valence-corrected chi connectivity index (χ4v) is 5.21. The zero-order valence-corrected chi connectivity index (χ0v) is 24.6. The number of carbonyl (C=O) groups is 1. The molecule has 1 aromatic heterocycles. The van der Waals surface area contributed by atoms with Crippen molar-refractivity contribution in [2.24, 2.45) is 0 Å². The summed E-state index contributed by atoms with van der Waals surface area (Å²) in [5.41, 5.74) is 9.47. The first-order valence-corrected chi connectivity index (χ1v) is 15.0. The largest absolute Gasteiger partial charge is 0.289 e. The summed E-state index contributed by atoms with van der Waals surface area (Å²) in [6.07, 6.45) is 4.20. The van der Waals surface area contributed by atoms with E-state index in [0.717, 1.165) is 44.6 Å². The Kier molecular flexibility index (Phi) is 9.41. The van der Waals surface area contributed by atoms with Gasteiger partial charge in [-0.25, -0.2) is 18.6 Å². The topological polar surface area (TPSA) is 113 Å². The van der Waals surface area contributed by atoms with Crippen molar-refractivity contribution in [2.75, 3.05) is 0 Å². The van der Waals surface area contributed by atoms with Gasteiger partial charge in [0.2, 0.25) is 5.69 Å². The van der Waals surface area contributed by atoms with Crippen LogP contribution >= 0.6 is 0 Å². The van der Waals surface area contributed by atoms with Crippen LogP contribution in [0.15, 0.2) is 152 Å². The SMILES string of the molecule is Cc1ccc[n+](-c2c(-c3ccccc3)cc(-c3ccccc3)c(C(=O)c3ccccc3)c2-c2ccccc2)c1.[O-][Cl+3]([O-])([O-])[O-]. The average Bonchev–Trinajstić information content (AvgIpc) is 3.04. The molecule has 0 unspecified atom stereocenters. The van der Waals surface area contributed by atoms with E-state index < -0.39 is 10.2 Å². The Morgan fingerprint density at radius 1 is 0.591 bits per heavy atom. The number of ketones is 1. The van der Waals surface area contributed by atoms with E-state index in [4.69, 9.17) is 18.6 Å². The second kappa shape index (κ2) is 13.6. The molecule has 0 amide bonds. The van der Waals surface area contributed by atoms with Crippen LogP contribution in [-0.4, -0.2) is 5.78 Å². The molecule has 44 heavy (non-hydrogen) atoms. The third-order valence-electron chi connectivity index (χ3n) is 7.00. The van der Waals surface area contributed by atoms with Crippen molar-refractivity contribution in [2.45, 2.75) is 6.92 Å². The van der Waals surface area contributed by atoms with Crippen LogP contribution in [0.5, 0.6) is 0 Å². The molecule has 7 heteroatoms. The molecule has 0 N–H and O–H groups in total. The number of halogens is 1. The zero-order chi connectivity index (χ0) is 31.1. The van der Waals surface area contributed by atoms with Crippen LogP contribution in [0.3, 0.4) is 0 Å². The van der Waals surface area contributed by atoms with Crippen molar-refractivity contribution < 1.29 is 38.2 Å². The van der Waals surface area contributed by atoms with Crippen LogP contribution in [0, 0.1) is 17.2 Å². The fourth-order valence-electron chi connectivity index (χ4n) is 5.21. The number of nitrogens with zero attached hydrogens (tertiary/aromatic N) is 1. The summed E-state index contributed by atoms with van der Waals surface area (Å²) in [5, 5.41) is 0. The molecule has 0 atom stereocenters. The molecule has 1 heterocycles. The minimum Gasteiger partial charge on any atom is -0.289 e. The number of pyridine rings is 1. The van der Waals surface area contributed by atoms with Gasteiger partial charge in [-0.1, -0.05) is 121 Å². The normalized spacial score (nSPS) is 10.9. The molecule has 0 spiro atoms. The summed E-state index contributed by atoms with van der Waals surface area (Å²) in [7, 11) is -4.94. The molecule has 0 aliphatic carbocycles. The van der Waals surface area contributed by atoms with Gasteiger partial charge in [0.05, 0.1) is 11.1 Å². The molecule has 0 fully saturated rings. The molecule has 0 aliphatic heterocycles. The minimum atomic E-state index is -4.94. The summed E-state index contributed by atoms with van der Waals surface area (Å²) >= 11 is 0. The van der Waals surface area contributed by atoms with Crippen LogP contribution in [0.1, 0.15) is 21.5 Å². The molecule has 6 rings (SSSR count). The lowest BCUT2D eigenvalue weighted by molar-refractivity contribution is -2.00. The number of benzene rings is 5. The van der Waals surface area contributed by atoms with Crippen molar-refractivity contribution in [3.05, 3.63) is 169 Å². The monoisotopic (exact) mass is 601 g/mol. The fraction of sp³-hybridized carbons (Fsp3) is 0.0270. The predicted molar refractivity (Wildman–Crippen MR) is 159 cm³/mol. The van der Waals surface area contributed by atoms with E-state index in [1.807, 2.05) is 72.8 Å². The van der Waals surface area contributed by atoms with E-state index in [9.17, 15) is 4.79 Å². The van der Waals surface area contributed by atoms with E-state index in [0.29, 0.717) is 11.1 Å². The maximum Gasteiger partial charge on any atom is 0.227 e. The van der Waals surface area contributed by atoms with Gasteiger partial charge >= 0.3 is 0 Å². The average molecular weight is 602 g/mol. The van der Waals surface area contributed by atoms with Crippen LogP contribution < -0.4 is 23.2 Å². The Balaban J connectivity index is 0.000000712. The second-order valence-electron chi connectivity index (χ2n) is 10.0. The number of aromatic nitrogens is 1. The van der Waals surface area contributed by atoms with Crippen molar-refractivity contribution in [1.82, 2.24) is 0 Å². The third kappa shape index (κ3) is 7.33. The Hall–Kier alpha value is -4.95. The van der Waals surface area contributed by atoms with Crippen LogP contribution in [-0.2, 0) is 0 Å². The highest BCUT2D eigenvalue weighted by Crippen LogP contribution is 2.42. The first-order valence-electron chi connectivity index (χ1n) is 13.8. The van der Waals surface area contributed by atoms with Crippen molar-refractivity contribution in [1.29, 1.82) is 0 Å². The molecule has 218 valence electrons.